The predicted molar refractivity (Wildman–Crippen MR) is 69.3 cm³/mol. The second kappa shape index (κ2) is 5.61. The number of para-hydroxylation sites is 1. The fourth-order valence-corrected chi connectivity index (χ4v) is 2.15. The molecular weight excluding hydrogens is 250 g/mol. The van der Waals surface area contributed by atoms with Crippen LogP contribution in [0.4, 0.5) is 0 Å². The van der Waals surface area contributed by atoms with Gasteiger partial charge in [-0.15, -0.1) is 11.3 Å². The number of nitrogens with zero attached hydrogens (tertiary/aromatic N) is 1. The van der Waals surface area contributed by atoms with Crippen molar-refractivity contribution in [3.8, 4) is 5.75 Å². The Balaban J connectivity index is 2.01. The summed E-state index contributed by atoms with van der Waals surface area (Å²) in [5, 5.41) is 0.733. The van der Waals surface area contributed by atoms with E-state index in [1.165, 1.54) is 17.5 Å². The Hall–Kier alpha value is -1.92. The third kappa shape index (κ3) is 2.85. The summed E-state index contributed by atoms with van der Waals surface area (Å²) in [6, 6.07) is 7.74. The first kappa shape index (κ1) is 12.5. The van der Waals surface area contributed by atoms with Crippen molar-refractivity contribution in [2.45, 2.75) is 13.5 Å². The Morgan fingerprint density at radius 3 is 3.00 bits per heavy atom. The standard InChI is InChI=1S/C12H13N3O2S/c1-8-4-2-3-5-9(8)17-7-11-14-6-10(18-11)12(16)15-13/h2-6H,7,13H2,1H3,(H,15,16). The van der Waals surface area contributed by atoms with Gasteiger partial charge in [0, 0.05) is 0 Å². The molecule has 3 N–H and O–H groups in total. The third-order valence-corrected chi connectivity index (χ3v) is 3.32. The molecule has 6 heteroatoms. The highest BCUT2D eigenvalue weighted by Gasteiger charge is 2.09. The van der Waals surface area contributed by atoms with E-state index in [1.54, 1.807) is 0 Å². The van der Waals surface area contributed by atoms with E-state index in [2.05, 4.69) is 10.4 Å². The maximum Gasteiger partial charge on any atom is 0.276 e. The number of rotatable bonds is 4. The van der Waals surface area contributed by atoms with Gasteiger partial charge in [0.15, 0.2) is 0 Å². The van der Waals surface area contributed by atoms with Crippen molar-refractivity contribution in [3.63, 3.8) is 0 Å². The molecule has 0 fully saturated rings. The molecule has 0 radical (unpaired) electrons. The second-order valence-corrected chi connectivity index (χ2v) is 4.76. The van der Waals surface area contributed by atoms with Gasteiger partial charge in [-0.2, -0.15) is 0 Å². The van der Waals surface area contributed by atoms with Gasteiger partial charge >= 0.3 is 0 Å². The van der Waals surface area contributed by atoms with Crippen LogP contribution in [0.1, 0.15) is 20.2 Å². The molecule has 0 spiro atoms. The minimum absolute atomic E-state index is 0.338. The molecule has 0 atom stereocenters. The van der Waals surface area contributed by atoms with E-state index in [-0.39, 0.29) is 5.91 Å². The minimum atomic E-state index is -0.338. The summed E-state index contributed by atoms with van der Waals surface area (Å²) in [6.45, 7) is 2.32. The molecule has 1 aromatic heterocycles. The van der Waals surface area contributed by atoms with Gasteiger partial charge in [0.25, 0.3) is 5.91 Å². The van der Waals surface area contributed by atoms with Crippen molar-refractivity contribution in [1.29, 1.82) is 0 Å². The first-order chi connectivity index (χ1) is 8.70. The second-order valence-electron chi connectivity index (χ2n) is 3.65. The van der Waals surface area contributed by atoms with Crippen LogP contribution in [0.3, 0.4) is 0 Å². The van der Waals surface area contributed by atoms with Crippen LogP contribution in [0.2, 0.25) is 0 Å². The van der Waals surface area contributed by atoms with Crippen LogP contribution < -0.4 is 16.0 Å². The summed E-state index contributed by atoms with van der Waals surface area (Å²) in [5.41, 5.74) is 3.13. The van der Waals surface area contributed by atoms with Crippen molar-refractivity contribution in [3.05, 3.63) is 45.9 Å². The summed E-state index contributed by atoms with van der Waals surface area (Å²) < 4.78 is 5.63. The average molecular weight is 263 g/mol. The van der Waals surface area contributed by atoms with E-state index < -0.39 is 0 Å². The molecule has 2 aromatic rings. The van der Waals surface area contributed by atoms with E-state index in [9.17, 15) is 4.79 Å². The molecule has 1 amide bonds. The van der Waals surface area contributed by atoms with Crippen LogP contribution in [0.25, 0.3) is 0 Å². The first-order valence-corrected chi connectivity index (χ1v) is 6.16. The quantitative estimate of drug-likeness (QED) is 0.499. The maximum absolute atomic E-state index is 11.2. The molecule has 1 heterocycles. The Labute approximate surface area is 109 Å². The molecule has 1 aromatic carbocycles. The lowest BCUT2D eigenvalue weighted by molar-refractivity contribution is 0.0957. The Kier molecular flexibility index (Phi) is 3.91. The van der Waals surface area contributed by atoms with Gasteiger partial charge in [-0.3, -0.25) is 10.2 Å². The molecule has 94 valence electrons. The molecule has 18 heavy (non-hydrogen) atoms. The number of carbonyl (C=O) groups excluding carboxylic acids is 1. The van der Waals surface area contributed by atoms with Crippen molar-refractivity contribution in [1.82, 2.24) is 10.4 Å². The lowest BCUT2D eigenvalue weighted by atomic mass is 10.2. The van der Waals surface area contributed by atoms with Crippen molar-refractivity contribution in [2.75, 3.05) is 0 Å². The van der Waals surface area contributed by atoms with E-state index in [0.717, 1.165) is 16.3 Å². The van der Waals surface area contributed by atoms with Crippen molar-refractivity contribution in [2.24, 2.45) is 5.84 Å². The van der Waals surface area contributed by atoms with Gasteiger partial charge in [-0.1, -0.05) is 18.2 Å². The van der Waals surface area contributed by atoms with Gasteiger partial charge in [0.1, 0.15) is 22.2 Å². The van der Waals surface area contributed by atoms with E-state index in [0.29, 0.717) is 11.5 Å². The van der Waals surface area contributed by atoms with Crippen molar-refractivity contribution >= 4 is 17.2 Å². The number of nitrogen functional groups attached to an aromatic ring is 1. The maximum atomic E-state index is 11.2. The molecule has 0 saturated heterocycles. The van der Waals surface area contributed by atoms with Gasteiger partial charge < -0.3 is 4.74 Å². The number of aromatic nitrogens is 1. The fourth-order valence-electron chi connectivity index (χ4n) is 1.41. The van der Waals surface area contributed by atoms with Crippen LogP contribution in [-0.4, -0.2) is 10.9 Å². The van der Waals surface area contributed by atoms with E-state index >= 15 is 0 Å². The van der Waals surface area contributed by atoms with Crippen LogP contribution in [0.15, 0.2) is 30.5 Å². The van der Waals surface area contributed by atoms with Crippen LogP contribution in [-0.2, 0) is 6.61 Å². The van der Waals surface area contributed by atoms with E-state index in [4.69, 9.17) is 10.6 Å². The highest BCUT2D eigenvalue weighted by molar-refractivity contribution is 7.13. The monoisotopic (exact) mass is 263 g/mol. The number of carbonyl (C=O) groups is 1. The normalized spacial score (nSPS) is 10.1. The summed E-state index contributed by atoms with van der Waals surface area (Å²) in [4.78, 5) is 15.8. The number of hydrogen-bond acceptors (Lipinski definition) is 5. The molecule has 0 unspecified atom stereocenters. The fraction of sp³-hybridized carbons (Fsp3) is 0.167. The molecule has 0 saturated carbocycles. The van der Waals surface area contributed by atoms with Gasteiger partial charge in [-0.05, 0) is 18.6 Å². The number of nitrogens with two attached hydrogens (primary N) is 1. The van der Waals surface area contributed by atoms with Gasteiger partial charge in [0.2, 0.25) is 0 Å². The van der Waals surface area contributed by atoms with E-state index in [1.807, 2.05) is 31.2 Å². The van der Waals surface area contributed by atoms with Crippen molar-refractivity contribution < 1.29 is 9.53 Å². The third-order valence-electron chi connectivity index (χ3n) is 2.35. The highest BCUT2D eigenvalue weighted by Crippen LogP contribution is 2.19. The number of aryl methyl sites for hydroxylation is 1. The van der Waals surface area contributed by atoms with Crippen LogP contribution >= 0.6 is 11.3 Å². The molecule has 2 rings (SSSR count). The number of hydrogen-bond donors (Lipinski definition) is 2. The topological polar surface area (TPSA) is 77.2 Å². The summed E-state index contributed by atoms with van der Waals surface area (Å²) in [5.74, 6) is 5.53. The number of amides is 1. The molecular formula is C12H13N3O2S. The largest absolute Gasteiger partial charge is 0.486 e. The van der Waals surface area contributed by atoms with Crippen LogP contribution in [0, 0.1) is 6.92 Å². The lowest BCUT2D eigenvalue weighted by Crippen LogP contribution is -2.29. The highest BCUT2D eigenvalue weighted by atomic mass is 32.1. The Morgan fingerprint density at radius 1 is 1.50 bits per heavy atom. The number of hydrazine groups is 1. The Bertz CT molecular complexity index is 554. The molecule has 0 aliphatic carbocycles. The summed E-state index contributed by atoms with van der Waals surface area (Å²) >= 11 is 1.26. The summed E-state index contributed by atoms with van der Waals surface area (Å²) in [6.07, 6.45) is 1.49. The minimum Gasteiger partial charge on any atom is -0.486 e. The average Bonchev–Trinajstić information content (AvgIpc) is 2.86. The zero-order valence-corrected chi connectivity index (χ0v) is 10.7. The number of thiazole rings is 1. The van der Waals surface area contributed by atoms with Crippen LogP contribution in [0.5, 0.6) is 5.75 Å². The Morgan fingerprint density at radius 2 is 2.28 bits per heavy atom. The molecule has 0 aliphatic rings. The smallest absolute Gasteiger partial charge is 0.276 e. The SMILES string of the molecule is Cc1ccccc1OCc1ncc(C(=O)NN)s1. The molecule has 5 nitrogen and oxygen atoms in total. The zero-order valence-electron chi connectivity index (χ0n) is 9.84. The number of nitrogens with one attached hydrogen (secondary N) is 1. The van der Waals surface area contributed by atoms with Gasteiger partial charge in [-0.25, -0.2) is 10.8 Å². The zero-order chi connectivity index (χ0) is 13.0. The predicted octanol–water partition coefficient (Wildman–Crippen LogP) is 1.63. The molecule has 0 aliphatic heterocycles. The van der Waals surface area contributed by atoms with Gasteiger partial charge in [0.05, 0.1) is 6.20 Å². The summed E-state index contributed by atoms with van der Waals surface area (Å²) in [7, 11) is 0. The molecule has 0 bridgehead atoms. The first-order valence-electron chi connectivity index (χ1n) is 5.35. The lowest BCUT2D eigenvalue weighted by Gasteiger charge is -2.06. The number of ether oxygens (including phenoxy) is 1. The number of benzene rings is 1.